The van der Waals surface area contributed by atoms with E-state index in [1.807, 2.05) is 49.7 Å². The Bertz CT molecular complexity index is 601. The van der Waals surface area contributed by atoms with Gasteiger partial charge in [0.25, 0.3) is 0 Å². The molecule has 0 saturated carbocycles. The number of hydrogen-bond donors (Lipinski definition) is 2. The van der Waals surface area contributed by atoms with Crippen LogP contribution < -0.4 is 10.6 Å². The fraction of sp³-hybridized carbons (Fsp3) is 0.375. The maximum atomic E-state index is 11.7. The van der Waals surface area contributed by atoms with Crippen molar-refractivity contribution >= 4 is 11.7 Å². The Morgan fingerprint density at radius 2 is 1.90 bits per heavy atom. The third-order valence-electron chi connectivity index (χ3n) is 3.25. The van der Waals surface area contributed by atoms with E-state index in [9.17, 15) is 4.79 Å². The van der Waals surface area contributed by atoms with Gasteiger partial charge in [-0.05, 0) is 45.4 Å². The number of rotatable bonds is 5. The molecule has 0 spiro atoms. The minimum Gasteiger partial charge on any atom is -0.338 e. The summed E-state index contributed by atoms with van der Waals surface area (Å²) in [5.74, 6) is 0. The molecular formula is C16H22N4O. The number of carbonyl (C=O) groups excluding carboxylic acids is 1. The Balaban J connectivity index is 1.70. The molecule has 2 N–H and O–H groups in total. The lowest BCUT2D eigenvalue weighted by molar-refractivity contribution is 0.251. The molecule has 0 radical (unpaired) electrons. The van der Waals surface area contributed by atoms with Gasteiger partial charge in [-0.2, -0.15) is 5.10 Å². The van der Waals surface area contributed by atoms with Crippen LogP contribution in [-0.2, 0) is 6.54 Å². The van der Waals surface area contributed by atoms with E-state index in [4.69, 9.17) is 0 Å². The Labute approximate surface area is 125 Å². The van der Waals surface area contributed by atoms with E-state index < -0.39 is 0 Å². The standard InChI is InChI=1S/C16H22N4O/c1-12-5-7-15(8-6-12)18-16(21)17-9-4-10-20-14(3)11-13(2)19-20/h5-8,11H,4,9-10H2,1-3H3,(H2,17,18,21). The second-order valence-corrected chi connectivity index (χ2v) is 5.25. The van der Waals surface area contributed by atoms with Gasteiger partial charge in [0, 0.05) is 24.5 Å². The smallest absolute Gasteiger partial charge is 0.319 e. The molecule has 0 unspecified atom stereocenters. The lowest BCUT2D eigenvalue weighted by atomic mass is 10.2. The molecule has 2 rings (SSSR count). The van der Waals surface area contributed by atoms with Gasteiger partial charge in [0.1, 0.15) is 0 Å². The molecule has 0 fully saturated rings. The SMILES string of the molecule is Cc1ccc(NC(=O)NCCCn2nc(C)cc2C)cc1. The molecule has 1 aromatic carbocycles. The molecule has 21 heavy (non-hydrogen) atoms. The molecule has 2 amide bonds. The van der Waals surface area contributed by atoms with Crippen molar-refractivity contribution in [1.29, 1.82) is 0 Å². The number of urea groups is 1. The summed E-state index contributed by atoms with van der Waals surface area (Å²) in [7, 11) is 0. The molecule has 0 aliphatic rings. The normalized spacial score (nSPS) is 10.4. The maximum absolute atomic E-state index is 11.7. The predicted octanol–water partition coefficient (Wildman–Crippen LogP) is 3.02. The number of aryl methyl sites for hydroxylation is 4. The van der Waals surface area contributed by atoms with Crippen LogP contribution in [0, 0.1) is 20.8 Å². The number of anilines is 1. The summed E-state index contributed by atoms with van der Waals surface area (Å²) in [6.45, 7) is 7.47. The van der Waals surface area contributed by atoms with Crippen molar-refractivity contribution in [3.05, 3.63) is 47.3 Å². The van der Waals surface area contributed by atoms with Crippen LogP contribution in [0.15, 0.2) is 30.3 Å². The van der Waals surface area contributed by atoms with E-state index in [0.717, 1.165) is 30.0 Å². The zero-order valence-corrected chi connectivity index (χ0v) is 12.8. The summed E-state index contributed by atoms with van der Waals surface area (Å²) >= 11 is 0. The summed E-state index contributed by atoms with van der Waals surface area (Å²) < 4.78 is 1.97. The Hall–Kier alpha value is -2.30. The van der Waals surface area contributed by atoms with Crippen LogP contribution in [0.1, 0.15) is 23.4 Å². The van der Waals surface area contributed by atoms with Gasteiger partial charge in [-0.15, -0.1) is 0 Å². The summed E-state index contributed by atoms with van der Waals surface area (Å²) in [6, 6.07) is 9.61. The monoisotopic (exact) mass is 286 g/mol. The molecule has 2 aromatic rings. The largest absolute Gasteiger partial charge is 0.338 e. The number of hydrogen-bond acceptors (Lipinski definition) is 2. The minimum atomic E-state index is -0.174. The van der Waals surface area contributed by atoms with Crippen LogP contribution in [0.3, 0.4) is 0 Å². The van der Waals surface area contributed by atoms with Crippen LogP contribution in [0.25, 0.3) is 0 Å². The quantitative estimate of drug-likeness (QED) is 0.830. The van der Waals surface area contributed by atoms with Gasteiger partial charge >= 0.3 is 6.03 Å². The third kappa shape index (κ3) is 4.63. The van der Waals surface area contributed by atoms with Gasteiger partial charge < -0.3 is 10.6 Å². The summed E-state index contributed by atoms with van der Waals surface area (Å²) in [4.78, 5) is 11.7. The molecular weight excluding hydrogens is 264 g/mol. The molecule has 0 bridgehead atoms. The number of carbonyl (C=O) groups is 1. The zero-order valence-electron chi connectivity index (χ0n) is 12.8. The van der Waals surface area contributed by atoms with Gasteiger partial charge in [0.2, 0.25) is 0 Å². The van der Waals surface area contributed by atoms with Gasteiger partial charge in [-0.1, -0.05) is 17.7 Å². The third-order valence-corrected chi connectivity index (χ3v) is 3.25. The van der Waals surface area contributed by atoms with E-state index in [0.29, 0.717) is 6.54 Å². The average Bonchev–Trinajstić information content (AvgIpc) is 2.76. The minimum absolute atomic E-state index is 0.174. The molecule has 112 valence electrons. The van der Waals surface area contributed by atoms with Crippen LogP contribution in [-0.4, -0.2) is 22.4 Å². The van der Waals surface area contributed by atoms with Crippen molar-refractivity contribution in [3.8, 4) is 0 Å². The van der Waals surface area contributed by atoms with Gasteiger partial charge in [-0.3, -0.25) is 4.68 Å². The molecule has 1 heterocycles. The van der Waals surface area contributed by atoms with Crippen LogP contribution in [0.2, 0.25) is 0 Å². The fourth-order valence-corrected chi connectivity index (χ4v) is 2.14. The highest BCUT2D eigenvalue weighted by molar-refractivity contribution is 5.89. The maximum Gasteiger partial charge on any atom is 0.319 e. The number of benzene rings is 1. The highest BCUT2D eigenvalue weighted by atomic mass is 16.2. The number of amides is 2. The van der Waals surface area contributed by atoms with E-state index in [1.165, 1.54) is 5.56 Å². The lowest BCUT2D eigenvalue weighted by Gasteiger charge is -2.08. The lowest BCUT2D eigenvalue weighted by Crippen LogP contribution is -2.30. The van der Waals surface area contributed by atoms with E-state index in [-0.39, 0.29) is 6.03 Å². The highest BCUT2D eigenvalue weighted by Crippen LogP contribution is 2.08. The fourth-order valence-electron chi connectivity index (χ4n) is 2.14. The molecule has 0 aliphatic carbocycles. The van der Waals surface area contributed by atoms with Gasteiger partial charge in [0.05, 0.1) is 5.69 Å². The van der Waals surface area contributed by atoms with Gasteiger partial charge in [-0.25, -0.2) is 4.79 Å². The van der Waals surface area contributed by atoms with Crippen LogP contribution in [0.4, 0.5) is 10.5 Å². The van der Waals surface area contributed by atoms with Crippen molar-refractivity contribution in [3.63, 3.8) is 0 Å². The number of nitrogens with zero attached hydrogens (tertiary/aromatic N) is 2. The van der Waals surface area contributed by atoms with Gasteiger partial charge in [0.15, 0.2) is 0 Å². The first kappa shape index (κ1) is 15.1. The predicted molar refractivity (Wildman–Crippen MR) is 84.5 cm³/mol. The zero-order chi connectivity index (χ0) is 15.2. The molecule has 0 aliphatic heterocycles. The first-order chi connectivity index (χ1) is 10.0. The first-order valence-electron chi connectivity index (χ1n) is 7.17. The molecule has 0 saturated heterocycles. The van der Waals surface area contributed by atoms with Crippen molar-refractivity contribution in [1.82, 2.24) is 15.1 Å². The molecule has 5 nitrogen and oxygen atoms in total. The molecule has 1 aromatic heterocycles. The summed E-state index contributed by atoms with van der Waals surface area (Å²) in [6.07, 6.45) is 0.850. The van der Waals surface area contributed by atoms with Crippen molar-refractivity contribution in [2.75, 3.05) is 11.9 Å². The van der Waals surface area contributed by atoms with Crippen molar-refractivity contribution in [2.24, 2.45) is 0 Å². The van der Waals surface area contributed by atoms with Crippen molar-refractivity contribution in [2.45, 2.75) is 33.7 Å². The van der Waals surface area contributed by atoms with Crippen molar-refractivity contribution < 1.29 is 4.79 Å². The van der Waals surface area contributed by atoms with E-state index >= 15 is 0 Å². The first-order valence-corrected chi connectivity index (χ1v) is 7.17. The second kappa shape index (κ2) is 6.92. The Kier molecular flexibility index (Phi) is 4.98. The average molecular weight is 286 g/mol. The molecule has 5 heteroatoms. The van der Waals surface area contributed by atoms with E-state index in [2.05, 4.69) is 21.8 Å². The Morgan fingerprint density at radius 3 is 2.52 bits per heavy atom. The molecule has 0 atom stereocenters. The summed E-state index contributed by atoms with van der Waals surface area (Å²) in [5, 5.41) is 10.1. The topological polar surface area (TPSA) is 59.0 Å². The number of nitrogens with one attached hydrogen (secondary N) is 2. The number of aromatic nitrogens is 2. The highest BCUT2D eigenvalue weighted by Gasteiger charge is 2.02. The van der Waals surface area contributed by atoms with E-state index in [1.54, 1.807) is 0 Å². The summed E-state index contributed by atoms with van der Waals surface area (Å²) in [5.41, 5.74) is 4.15. The Morgan fingerprint density at radius 1 is 1.19 bits per heavy atom. The van der Waals surface area contributed by atoms with Crippen LogP contribution in [0.5, 0.6) is 0 Å². The van der Waals surface area contributed by atoms with Crippen LogP contribution >= 0.6 is 0 Å². The second-order valence-electron chi connectivity index (χ2n) is 5.25.